The molecule has 2 aromatic carbocycles. The molecule has 0 aliphatic rings. The van der Waals surface area contributed by atoms with E-state index in [2.05, 4.69) is 26.3 Å². The standard InChI is InChI=1S/C19H15BrFN3O/c20-18-8-7-16(21)10-15(18)12-22-19(25)9-6-14-11-23-24(13-14)17-4-2-1-3-5-17/h1-11,13H,12H2,(H,22,25). The molecule has 1 N–H and O–H groups in total. The van der Waals surface area contributed by atoms with Gasteiger partial charge in [0.2, 0.25) is 5.91 Å². The Morgan fingerprint density at radius 2 is 2.04 bits per heavy atom. The summed E-state index contributed by atoms with van der Waals surface area (Å²) in [6, 6.07) is 14.1. The number of hydrogen-bond acceptors (Lipinski definition) is 2. The average Bonchev–Trinajstić information content (AvgIpc) is 3.10. The SMILES string of the molecule is O=C(C=Cc1cnn(-c2ccccc2)c1)NCc1cc(F)ccc1Br. The van der Waals surface area contributed by atoms with Crippen molar-refractivity contribution in [1.82, 2.24) is 15.1 Å². The van der Waals surface area contributed by atoms with Gasteiger partial charge in [0.1, 0.15) is 5.82 Å². The number of halogens is 2. The fraction of sp³-hybridized carbons (Fsp3) is 0.0526. The van der Waals surface area contributed by atoms with E-state index in [-0.39, 0.29) is 18.3 Å². The van der Waals surface area contributed by atoms with Crippen molar-refractivity contribution in [2.45, 2.75) is 6.54 Å². The lowest BCUT2D eigenvalue weighted by Gasteiger charge is -2.05. The molecule has 1 amide bonds. The summed E-state index contributed by atoms with van der Waals surface area (Å²) >= 11 is 3.33. The number of carbonyl (C=O) groups is 1. The number of amides is 1. The summed E-state index contributed by atoms with van der Waals surface area (Å²) in [7, 11) is 0. The van der Waals surface area contributed by atoms with E-state index in [0.29, 0.717) is 5.56 Å². The van der Waals surface area contributed by atoms with Crippen LogP contribution in [-0.4, -0.2) is 15.7 Å². The molecule has 1 heterocycles. The van der Waals surface area contributed by atoms with Crippen molar-refractivity contribution in [2.24, 2.45) is 0 Å². The van der Waals surface area contributed by atoms with Gasteiger partial charge < -0.3 is 5.32 Å². The lowest BCUT2D eigenvalue weighted by Crippen LogP contribution is -2.20. The first-order valence-corrected chi connectivity index (χ1v) is 8.41. The minimum atomic E-state index is -0.337. The molecule has 3 aromatic rings. The second-order valence-electron chi connectivity index (χ2n) is 5.34. The second kappa shape index (κ2) is 7.90. The molecule has 0 radical (unpaired) electrons. The van der Waals surface area contributed by atoms with Crippen LogP contribution >= 0.6 is 15.9 Å². The van der Waals surface area contributed by atoms with Gasteiger partial charge >= 0.3 is 0 Å². The molecule has 1 aromatic heterocycles. The third-order valence-corrected chi connectivity index (χ3v) is 4.28. The number of nitrogens with zero attached hydrogens (tertiary/aromatic N) is 2. The fourth-order valence-corrected chi connectivity index (χ4v) is 2.62. The Morgan fingerprint density at radius 3 is 2.84 bits per heavy atom. The van der Waals surface area contributed by atoms with Gasteiger partial charge in [-0.25, -0.2) is 9.07 Å². The summed E-state index contributed by atoms with van der Waals surface area (Å²) < 4.78 is 15.7. The van der Waals surface area contributed by atoms with Crippen LogP contribution in [-0.2, 0) is 11.3 Å². The summed E-state index contributed by atoms with van der Waals surface area (Å²) in [6.45, 7) is 0.241. The highest BCUT2D eigenvalue weighted by Crippen LogP contribution is 2.17. The van der Waals surface area contributed by atoms with Crippen molar-refractivity contribution < 1.29 is 9.18 Å². The molecule has 0 saturated carbocycles. The van der Waals surface area contributed by atoms with Gasteiger partial charge in [0, 0.05) is 28.9 Å². The maximum Gasteiger partial charge on any atom is 0.244 e. The van der Waals surface area contributed by atoms with Crippen LogP contribution in [0.25, 0.3) is 11.8 Å². The van der Waals surface area contributed by atoms with E-state index in [1.54, 1.807) is 23.0 Å². The quantitative estimate of drug-likeness (QED) is 0.656. The van der Waals surface area contributed by atoms with Gasteiger partial charge in [0.05, 0.1) is 11.9 Å². The molecule has 0 aliphatic carbocycles. The largest absolute Gasteiger partial charge is 0.348 e. The number of carbonyl (C=O) groups excluding carboxylic acids is 1. The summed E-state index contributed by atoms with van der Waals surface area (Å²) in [4.78, 5) is 11.9. The van der Waals surface area contributed by atoms with Gasteiger partial charge in [-0.15, -0.1) is 0 Å². The second-order valence-corrected chi connectivity index (χ2v) is 6.19. The minimum Gasteiger partial charge on any atom is -0.348 e. The molecule has 3 rings (SSSR count). The van der Waals surface area contributed by atoms with Gasteiger partial charge in [0.25, 0.3) is 0 Å². The number of hydrogen-bond donors (Lipinski definition) is 1. The highest BCUT2D eigenvalue weighted by molar-refractivity contribution is 9.10. The number of aromatic nitrogens is 2. The lowest BCUT2D eigenvalue weighted by atomic mass is 10.2. The van der Waals surface area contributed by atoms with E-state index in [1.807, 2.05) is 36.5 Å². The zero-order valence-corrected chi connectivity index (χ0v) is 14.8. The molecule has 25 heavy (non-hydrogen) atoms. The van der Waals surface area contributed by atoms with Crippen molar-refractivity contribution in [3.8, 4) is 5.69 Å². The van der Waals surface area contributed by atoms with Crippen molar-refractivity contribution in [2.75, 3.05) is 0 Å². The van der Waals surface area contributed by atoms with Crippen LogP contribution in [0.5, 0.6) is 0 Å². The Balaban J connectivity index is 1.59. The Hall–Kier alpha value is -2.73. The molecule has 0 aliphatic heterocycles. The molecular formula is C19H15BrFN3O. The van der Waals surface area contributed by atoms with Gasteiger partial charge in [-0.3, -0.25) is 4.79 Å². The monoisotopic (exact) mass is 399 g/mol. The molecule has 0 bridgehead atoms. The van der Waals surface area contributed by atoms with Crippen LogP contribution in [0.15, 0.2) is 71.5 Å². The Bertz CT molecular complexity index is 906. The lowest BCUT2D eigenvalue weighted by molar-refractivity contribution is -0.116. The van der Waals surface area contributed by atoms with Crippen molar-refractivity contribution in [3.05, 3.63) is 88.4 Å². The molecule has 6 heteroatoms. The van der Waals surface area contributed by atoms with Crippen molar-refractivity contribution >= 4 is 27.9 Å². The maximum absolute atomic E-state index is 13.2. The first-order chi connectivity index (χ1) is 12.1. The van der Waals surface area contributed by atoms with Crippen LogP contribution < -0.4 is 5.32 Å². The van der Waals surface area contributed by atoms with Gasteiger partial charge in [-0.2, -0.15) is 5.10 Å². The third kappa shape index (κ3) is 4.64. The van der Waals surface area contributed by atoms with Gasteiger partial charge in [-0.1, -0.05) is 34.1 Å². The molecule has 0 fully saturated rings. The topological polar surface area (TPSA) is 46.9 Å². The van der Waals surface area contributed by atoms with E-state index in [0.717, 1.165) is 15.7 Å². The van der Waals surface area contributed by atoms with Crippen LogP contribution in [0.4, 0.5) is 4.39 Å². The van der Waals surface area contributed by atoms with Crippen molar-refractivity contribution in [1.29, 1.82) is 0 Å². The summed E-state index contributed by atoms with van der Waals surface area (Å²) in [5, 5.41) is 6.99. The zero-order valence-electron chi connectivity index (χ0n) is 13.2. The zero-order chi connectivity index (χ0) is 17.6. The Morgan fingerprint density at radius 1 is 1.24 bits per heavy atom. The molecule has 0 atom stereocenters. The Kier molecular flexibility index (Phi) is 5.40. The number of nitrogens with one attached hydrogen (secondary N) is 1. The normalized spacial score (nSPS) is 11.0. The predicted molar refractivity (Wildman–Crippen MR) is 98.5 cm³/mol. The molecule has 0 unspecified atom stereocenters. The van der Waals surface area contributed by atoms with E-state index in [1.165, 1.54) is 18.2 Å². The van der Waals surface area contributed by atoms with Crippen LogP contribution in [0.2, 0.25) is 0 Å². The Labute approximate surface area is 153 Å². The van der Waals surface area contributed by atoms with Gasteiger partial charge in [-0.05, 0) is 42.0 Å². The molecule has 126 valence electrons. The highest BCUT2D eigenvalue weighted by Gasteiger charge is 2.04. The number of para-hydroxylation sites is 1. The first-order valence-electron chi connectivity index (χ1n) is 7.62. The van der Waals surface area contributed by atoms with Crippen LogP contribution in [0.3, 0.4) is 0 Å². The number of rotatable bonds is 5. The number of benzene rings is 2. The predicted octanol–water partition coefficient (Wildman–Crippen LogP) is 4.10. The summed E-state index contributed by atoms with van der Waals surface area (Å²) in [6.07, 6.45) is 6.63. The maximum atomic E-state index is 13.2. The molecule has 4 nitrogen and oxygen atoms in total. The smallest absolute Gasteiger partial charge is 0.244 e. The fourth-order valence-electron chi connectivity index (χ4n) is 2.24. The van der Waals surface area contributed by atoms with Crippen LogP contribution in [0.1, 0.15) is 11.1 Å². The summed E-state index contributed by atoms with van der Waals surface area (Å²) in [5.74, 6) is -0.597. The minimum absolute atomic E-state index is 0.241. The first kappa shape index (κ1) is 17.1. The highest BCUT2D eigenvalue weighted by atomic mass is 79.9. The van der Waals surface area contributed by atoms with E-state index < -0.39 is 0 Å². The van der Waals surface area contributed by atoms with Crippen LogP contribution in [0, 0.1) is 5.82 Å². The van der Waals surface area contributed by atoms with E-state index in [4.69, 9.17) is 0 Å². The van der Waals surface area contributed by atoms with E-state index in [9.17, 15) is 9.18 Å². The third-order valence-electron chi connectivity index (χ3n) is 3.51. The molecule has 0 spiro atoms. The molecular weight excluding hydrogens is 385 g/mol. The molecule has 0 saturated heterocycles. The van der Waals surface area contributed by atoms with Crippen molar-refractivity contribution in [3.63, 3.8) is 0 Å². The summed E-state index contributed by atoms with van der Waals surface area (Å²) in [5.41, 5.74) is 2.44. The van der Waals surface area contributed by atoms with Gasteiger partial charge in [0.15, 0.2) is 0 Å². The average molecular weight is 400 g/mol. The van der Waals surface area contributed by atoms with E-state index >= 15 is 0 Å².